The summed E-state index contributed by atoms with van der Waals surface area (Å²) >= 11 is 0. The van der Waals surface area contributed by atoms with E-state index in [1.54, 1.807) is 20.0 Å². The molecule has 1 fully saturated rings. The molecular weight excluding hydrogens is 302 g/mol. The van der Waals surface area contributed by atoms with E-state index in [2.05, 4.69) is 14.7 Å². The van der Waals surface area contributed by atoms with Crippen LogP contribution in [0.5, 0.6) is 0 Å². The fourth-order valence-corrected chi connectivity index (χ4v) is 3.29. The van der Waals surface area contributed by atoms with Crippen molar-refractivity contribution in [3.8, 4) is 0 Å². The van der Waals surface area contributed by atoms with Gasteiger partial charge < -0.3 is 9.80 Å². The van der Waals surface area contributed by atoms with Gasteiger partial charge in [0.05, 0.1) is 5.25 Å². The highest BCUT2D eigenvalue weighted by atomic mass is 32.2. The second-order valence-corrected chi connectivity index (χ2v) is 8.37. The van der Waals surface area contributed by atoms with E-state index in [1.165, 1.54) is 0 Å². The number of rotatable bonds is 5. The summed E-state index contributed by atoms with van der Waals surface area (Å²) in [5.74, 6) is 1.49. The van der Waals surface area contributed by atoms with Crippen LogP contribution < -0.4 is 14.5 Å². The first-order chi connectivity index (χ1) is 10.3. The number of hydrogen-bond acceptors (Lipinski definition) is 6. The van der Waals surface area contributed by atoms with Crippen molar-refractivity contribution >= 4 is 21.8 Å². The van der Waals surface area contributed by atoms with E-state index in [1.807, 2.05) is 30.0 Å². The number of nitrogens with one attached hydrogen (secondary N) is 1. The summed E-state index contributed by atoms with van der Waals surface area (Å²) in [6.07, 6.45) is 3.50. The van der Waals surface area contributed by atoms with Crippen LogP contribution in [-0.2, 0) is 10.0 Å². The average Bonchev–Trinajstić information content (AvgIpc) is 2.47. The monoisotopic (exact) mass is 327 g/mol. The molecule has 2 heterocycles. The van der Waals surface area contributed by atoms with E-state index < -0.39 is 15.3 Å². The zero-order valence-corrected chi connectivity index (χ0v) is 14.5. The van der Waals surface area contributed by atoms with E-state index in [4.69, 9.17) is 0 Å². The first-order valence-corrected chi connectivity index (χ1v) is 9.10. The van der Waals surface area contributed by atoms with Crippen molar-refractivity contribution in [1.29, 1.82) is 0 Å². The molecule has 22 heavy (non-hydrogen) atoms. The minimum Gasteiger partial charge on any atom is -0.363 e. The Balaban J connectivity index is 2.09. The van der Waals surface area contributed by atoms with Crippen molar-refractivity contribution in [1.82, 2.24) is 14.7 Å². The standard InChI is InChI=1S/C14H25N5O2S/c1-11(2)22(20,21)17-12-6-5-9-19(10-12)14-15-8-7-13(16-14)18(3)4/h7-8,11-12,17H,5-6,9-10H2,1-4H3. The number of aromatic nitrogens is 2. The van der Waals surface area contributed by atoms with E-state index in [0.29, 0.717) is 12.5 Å². The molecule has 0 radical (unpaired) electrons. The van der Waals surface area contributed by atoms with Gasteiger partial charge in [0, 0.05) is 39.4 Å². The van der Waals surface area contributed by atoms with E-state index in [-0.39, 0.29) is 6.04 Å². The first-order valence-electron chi connectivity index (χ1n) is 7.56. The summed E-state index contributed by atoms with van der Waals surface area (Å²) in [5, 5.41) is -0.420. The van der Waals surface area contributed by atoms with Crippen LogP contribution in [0.1, 0.15) is 26.7 Å². The molecule has 2 rings (SSSR count). The van der Waals surface area contributed by atoms with Gasteiger partial charge in [0.2, 0.25) is 16.0 Å². The summed E-state index contributed by atoms with van der Waals surface area (Å²) in [7, 11) is 0.614. The maximum absolute atomic E-state index is 12.0. The number of piperidine rings is 1. The van der Waals surface area contributed by atoms with Crippen molar-refractivity contribution in [2.45, 2.75) is 38.0 Å². The van der Waals surface area contributed by atoms with Crippen LogP contribution in [0.4, 0.5) is 11.8 Å². The van der Waals surface area contributed by atoms with Crippen LogP contribution in [0.25, 0.3) is 0 Å². The Morgan fingerprint density at radius 3 is 2.77 bits per heavy atom. The van der Waals surface area contributed by atoms with Crippen LogP contribution >= 0.6 is 0 Å². The van der Waals surface area contributed by atoms with Gasteiger partial charge in [-0.25, -0.2) is 18.1 Å². The fourth-order valence-electron chi connectivity index (χ4n) is 2.36. The molecule has 1 saturated heterocycles. The highest BCUT2D eigenvalue weighted by Gasteiger charge is 2.27. The van der Waals surface area contributed by atoms with Gasteiger partial charge in [0.1, 0.15) is 5.82 Å². The van der Waals surface area contributed by atoms with Crippen LogP contribution in [0, 0.1) is 0 Å². The summed E-state index contributed by atoms with van der Waals surface area (Å²) in [6.45, 7) is 4.82. The Bertz CT molecular complexity index is 603. The Kier molecular flexibility index (Phi) is 5.23. The molecule has 1 unspecified atom stereocenters. The first kappa shape index (κ1) is 17.0. The lowest BCUT2D eigenvalue weighted by Crippen LogP contribution is -2.49. The zero-order valence-electron chi connectivity index (χ0n) is 13.7. The lowest BCUT2D eigenvalue weighted by atomic mass is 10.1. The summed E-state index contributed by atoms with van der Waals surface area (Å²) in [6, 6.07) is 1.76. The summed E-state index contributed by atoms with van der Waals surface area (Å²) < 4.78 is 26.8. The largest absolute Gasteiger partial charge is 0.363 e. The molecule has 0 aliphatic carbocycles. The Hall–Kier alpha value is -1.41. The van der Waals surface area contributed by atoms with Gasteiger partial charge in [-0.1, -0.05) is 0 Å². The third-order valence-electron chi connectivity index (χ3n) is 3.74. The molecule has 1 aliphatic heterocycles. The Morgan fingerprint density at radius 2 is 2.14 bits per heavy atom. The SMILES string of the molecule is CC(C)S(=O)(=O)NC1CCCN(c2nccc(N(C)C)n2)C1. The van der Waals surface area contributed by atoms with Crippen LogP contribution in [-0.4, -0.2) is 56.9 Å². The van der Waals surface area contributed by atoms with E-state index >= 15 is 0 Å². The topological polar surface area (TPSA) is 78.4 Å². The third-order valence-corrected chi connectivity index (χ3v) is 5.65. The molecule has 8 heteroatoms. The molecule has 1 aromatic heterocycles. The normalized spacial score (nSPS) is 19.5. The van der Waals surface area contributed by atoms with Gasteiger partial charge in [0.25, 0.3) is 0 Å². The molecule has 0 saturated carbocycles. The van der Waals surface area contributed by atoms with Crippen molar-refractivity contribution in [2.75, 3.05) is 37.0 Å². The third kappa shape index (κ3) is 4.07. The number of anilines is 2. The van der Waals surface area contributed by atoms with Crippen molar-refractivity contribution in [3.63, 3.8) is 0 Å². The smallest absolute Gasteiger partial charge is 0.227 e. The van der Waals surface area contributed by atoms with E-state index in [9.17, 15) is 8.42 Å². The van der Waals surface area contributed by atoms with Gasteiger partial charge in [-0.3, -0.25) is 0 Å². The number of nitrogens with zero attached hydrogens (tertiary/aromatic N) is 4. The molecule has 0 amide bonds. The van der Waals surface area contributed by atoms with Crippen LogP contribution in [0.15, 0.2) is 12.3 Å². The maximum atomic E-state index is 12.0. The summed E-state index contributed by atoms with van der Waals surface area (Å²) in [5.41, 5.74) is 0. The van der Waals surface area contributed by atoms with Gasteiger partial charge in [0.15, 0.2) is 0 Å². The highest BCUT2D eigenvalue weighted by molar-refractivity contribution is 7.90. The molecule has 124 valence electrons. The van der Waals surface area contributed by atoms with E-state index in [0.717, 1.165) is 25.2 Å². The van der Waals surface area contributed by atoms with Crippen LogP contribution in [0.3, 0.4) is 0 Å². The Labute approximate surface area is 132 Å². The lowest BCUT2D eigenvalue weighted by molar-refractivity contribution is 0.459. The van der Waals surface area contributed by atoms with Crippen LogP contribution in [0.2, 0.25) is 0 Å². The minimum absolute atomic E-state index is 0.0900. The molecular formula is C14H25N5O2S. The molecule has 1 N–H and O–H groups in total. The fraction of sp³-hybridized carbons (Fsp3) is 0.714. The Morgan fingerprint density at radius 1 is 1.41 bits per heavy atom. The van der Waals surface area contributed by atoms with Gasteiger partial charge in [-0.15, -0.1) is 0 Å². The van der Waals surface area contributed by atoms with Crippen molar-refractivity contribution in [3.05, 3.63) is 12.3 Å². The molecule has 1 atom stereocenters. The zero-order chi connectivity index (χ0) is 16.3. The molecule has 7 nitrogen and oxygen atoms in total. The second kappa shape index (κ2) is 6.78. The highest BCUT2D eigenvalue weighted by Crippen LogP contribution is 2.19. The minimum atomic E-state index is -3.25. The van der Waals surface area contributed by atoms with Crippen molar-refractivity contribution in [2.24, 2.45) is 0 Å². The molecule has 0 bridgehead atoms. The molecule has 0 aromatic carbocycles. The maximum Gasteiger partial charge on any atom is 0.227 e. The quantitative estimate of drug-likeness (QED) is 0.863. The second-order valence-electron chi connectivity index (χ2n) is 6.11. The van der Waals surface area contributed by atoms with Gasteiger partial charge in [-0.2, -0.15) is 4.98 Å². The number of sulfonamides is 1. The lowest BCUT2D eigenvalue weighted by Gasteiger charge is -2.33. The average molecular weight is 327 g/mol. The predicted molar refractivity (Wildman–Crippen MR) is 88.8 cm³/mol. The summed E-state index contributed by atoms with van der Waals surface area (Å²) in [4.78, 5) is 12.8. The molecule has 0 spiro atoms. The molecule has 1 aliphatic rings. The van der Waals surface area contributed by atoms with Gasteiger partial charge in [-0.05, 0) is 32.8 Å². The number of hydrogen-bond donors (Lipinski definition) is 1. The molecule has 1 aromatic rings. The van der Waals surface area contributed by atoms with Crippen molar-refractivity contribution < 1.29 is 8.42 Å². The predicted octanol–water partition coefficient (Wildman–Crippen LogP) is 0.839. The van der Waals surface area contributed by atoms with Gasteiger partial charge >= 0.3 is 0 Å².